The van der Waals surface area contributed by atoms with Gasteiger partial charge in [-0.15, -0.1) is 0 Å². The van der Waals surface area contributed by atoms with Gasteiger partial charge in [0.2, 0.25) is 6.79 Å². The Morgan fingerprint density at radius 1 is 1.21 bits per heavy atom. The molecule has 0 spiro atoms. The van der Waals surface area contributed by atoms with E-state index in [1.807, 2.05) is 6.07 Å². The Kier molecular flexibility index (Phi) is 6.42. The third-order valence-corrected chi connectivity index (χ3v) is 5.84. The van der Waals surface area contributed by atoms with E-state index in [1.54, 1.807) is 0 Å². The van der Waals surface area contributed by atoms with Crippen LogP contribution in [0, 0.1) is 5.92 Å². The lowest BCUT2D eigenvalue weighted by molar-refractivity contribution is 0.148. The van der Waals surface area contributed by atoms with Crippen molar-refractivity contribution in [2.75, 3.05) is 40.0 Å². The van der Waals surface area contributed by atoms with Crippen molar-refractivity contribution >= 4 is 15.9 Å². The summed E-state index contributed by atoms with van der Waals surface area (Å²) in [5.41, 5.74) is 1.29. The lowest BCUT2D eigenvalue weighted by Crippen LogP contribution is -2.37. The number of likely N-dealkylation sites (tertiary alicyclic amines) is 1. The zero-order valence-corrected chi connectivity index (χ0v) is 16.5. The van der Waals surface area contributed by atoms with Crippen LogP contribution in [0.3, 0.4) is 0 Å². The van der Waals surface area contributed by atoms with Gasteiger partial charge < -0.3 is 14.4 Å². The third kappa shape index (κ3) is 4.64. The van der Waals surface area contributed by atoms with Crippen molar-refractivity contribution in [1.29, 1.82) is 0 Å². The second-order valence-corrected chi connectivity index (χ2v) is 7.99. The lowest BCUT2D eigenvalue weighted by Gasteiger charge is -2.34. The molecule has 0 saturated carbocycles. The van der Waals surface area contributed by atoms with Crippen LogP contribution in [0.4, 0.5) is 0 Å². The Balaban J connectivity index is 1.47. The number of unbranched alkanes of at least 4 members (excludes halogenated alkanes) is 1. The minimum Gasteiger partial charge on any atom is -0.454 e. The van der Waals surface area contributed by atoms with Crippen molar-refractivity contribution in [1.82, 2.24) is 9.80 Å². The van der Waals surface area contributed by atoms with Gasteiger partial charge in [0.15, 0.2) is 11.5 Å². The zero-order valence-electron chi connectivity index (χ0n) is 14.9. The molecule has 0 aliphatic carbocycles. The van der Waals surface area contributed by atoms with E-state index in [4.69, 9.17) is 9.47 Å². The summed E-state index contributed by atoms with van der Waals surface area (Å²) >= 11 is 3.68. The molecule has 0 amide bonds. The first-order chi connectivity index (χ1) is 11.7. The number of fused-ring (bicyclic) bond motifs is 1. The molecular formula is C19H29BrN2O2. The molecule has 4 nitrogen and oxygen atoms in total. The number of ether oxygens (including phenoxy) is 2. The van der Waals surface area contributed by atoms with E-state index in [-0.39, 0.29) is 0 Å². The van der Waals surface area contributed by atoms with Gasteiger partial charge in [0.25, 0.3) is 0 Å². The first-order valence-corrected chi connectivity index (χ1v) is 9.94. The van der Waals surface area contributed by atoms with Crippen LogP contribution in [-0.4, -0.2) is 49.8 Å². The molecule has 2 heterocycles. The molecule has 1 saturated heterocycles. The Bertz CT molecular complexity index is 544. The van der Waals surface area contributed by atoms with Gasteiger partial charge in [-0.3, -0.25) is 4.90 Å². The molecule has 0 aromatic heterocycles. The van der Waals surface area contributed by atoms with Crippen molar-refractivity contribution < 1.29 is 9.47 Å². The van der Waals surface area contributed by atoms with Gasteiger partial charge in [-0.1, -0.05) is 29.3 Å². The summed E-state index contributed by atoms with van der Waals surface area (Å²) in [6.45, 7) is 8.45. The van der Waals surface area contributed by atoms with Gasteiger partial charge in [-0.2, -0.15) is 0 Å². The van der Waals surface area contributed by atoms with Crippen molar-refractivity contribution in [2.24, 2.45) is 5.92 Å². The van der Waals surface area contributed by atoms with Gasteiger partial charge in [0, 0.05) is 17.6 Å². The SMILES string of the molecule is CCCCN(C)CC1CCN(Cc2cc3c(cc2Br)OCO3)CC1. The summed E-state index contributed by atoms with van der Waals surface area (Å²) in [4.78, 5) is 5.07. The first kappa shape index (κ1) is 18.0. The number of halogens is 1. The van der Waals surface area contributed by atoms with Crippen molar-refractivity contribution in [3.63, 3.8) is 0 Å². The Hall–Kier alpha value is -0.780. The largest absolute Gasteiger partial charge is 0.454 e. The fourth-order valence-corrected chi connectivity index (χ4v) is 4.06. The summed E-state index contributed by atoms with van der Waals surface area (Å²) in [5.74, 6) is 2.57. The highest BCUT2D eigenvalue weighted by Gasteiger charge is 2.22. The maximum atomic E-state index is 5.51. The molecule has 0 atom stereocenters. The second kappa shape index (κ2) is 8.54. The topological polar surface area (TPSA) is 24.9 Å². The predicted molar refractivity (Wildman–Crippen MR) is 101 cm³/mol. The molecule has 2 aliphatic rings. The predicted octanol–water partition coefficient (Wildman–Crippen LogP) is 4.12. The minimum atomic E-state index is 0.335. The van der Waals surface area contributed by atoms with E-state index in [2.05, 4.69) is 45.8 Å². The Morgan fingerprint density at radius 3 is 2.62 bits per heavy atom. The number of hydrogen-bond donors (Lipinski definition) is 0. The maximum absolute atomic E-state index is 5.51. The van der Waals surface area contributed by atoms with Crippen LogP contribution in [-0.2, 0) is 6.54 Å². The zero-order chi connectivity index (χ0) is 16.9. The summed E-state index contributed by atoms with van der Waals surface area (Å²) < 4.78 is 12.1. The third-order valence-electron chi connectivity index (χ3n) is 5.11. The number of nitrogens with zero attached hydrogens (tertiary/aromatic N) is 2. The number of benzene rings is 1. The fraction of sp³-hybridized carbons (Fsp3) is 0.684. The quantitative estimate of drug-likeness (QED) is 0.691. The highest BCUT2D eigenvalue weighted by molar-refractivity contribution is 9.10. The molecule has 3 rings (SSSR count). The Morgan fingerprint density at radius 2 is 1.92 bits per heavy atom. The van der Waals surface area contributed by atoms with Crippen LogP contribution in [0.5, 0.6) is 11.5 Å². The summed E-state index contributed by atoms with van der Waals surface area (Å²) in [7, 11) is 2.27. The molecule has 0 unspecified atom stereocenters. The Labute approximate surface area is 154 Å². The average molecular weight is 397 g/mol. The van der Waals surface area contributed by atoms with Crippen LogP contribution >= 0.6 is 15.9 Å². The van der Waals surface area contributed by atoms with Gasteiger partial charge in [0.05, 0.1) is 0 Å². The molecule has 24 heavy (non-hydrogen) atoms. The number of hydrogen-bond acceptors (Lipinski definition) is 4. The van der Waals surface area contributed by atoms with E-state index in [1.165, 1.54) is 57.4 Å². The smallest absolute Gasteiger partial charge is 0.231 e. The first-order valence-electron chi connectivity index (χ1n) is 9.14. The summed E-state index contributed by atoms with van der Waals surface area (Å²) in [6, 6.07) is 4.16. The molecule has 0 radical (unpaired) electrons. The van der Waals surface area contributed by atoms with Gasteiger partial charge in [0.1, 0.15) is 0 Å². The molecule has 2 aliphatic heterocycles. The molecule has 1 fully saturated rings. The molecule has 0 bridgehead atoms. The minimum absolute atomic E-state index is 0.335. The van der Waals surface area contributed by atoms with Crippen LogP contribution in [0.15, 0.2) is 16.6 Å². The van der Waals surface area contributed by atoms with Gasteiger partial charge >= 0.3 is 0 Å². The normalized spacial score (nSPS) is 18.5. The number of rotatable bonds is 7. The van der Waals surface area contributed by atoms with Gasteiger partial charge in [-0.05, 0) is 69.6 Å². The van der Waals surface area contributed by atoms with Gasteiger partial charge in [-0.25, -0.2) is 0 Å². The summed E-state index contributed by atoms with van der Waals surface area (Å²) in [5, 5.41) is 0. The number of piperidine rings is 1. The second-order valence-electron chi connectivity index (χ2n) is 7.13. The average Bonchev–Trinajstić information content (AvgIpc) is 3.02. The lowest BCUT2D eigenvalue weighted by atomic mass is 9.96. The van der Waals surface area contributed by atoms with Crippen LogP contribution in [0.2, 0.25) is 0 Å². The van der Waals surface area contributed by atoms with E-state index in [0.29, 0.717) is 6.79 Å². The van der Waals surface area contributed by atoms with E-state index in [9.17, 15) is 0 Å². The van der Waals surface area contributed by atoms with Crippen LogP contribution < -0.4 is 9.47 Å². The van der Waals surface area contributed by atoms with Crippen molar-refractivity contribution in [2.45, 2.75) is 39.2 Å². The molecule has 1 aromatic carbocycles. The van der Waals surface area contributed by atoms with Crippen molar-refractivity contribution in [3.8, 4) is 11.5 Å². The maximum Gasteiger partial charge on any atom is 0.231 e. The molecule has 0 N–H and O–H groups in total. The fourth-order valence-electron chi connectivity index (χ4n) is 3.61. The standard InChI is InChI=1S/C19H29BrN2O2/c1-3-4-7-21(2)12-15-5-8-22(9-6-15)13-16-10-18-19(11-17(16)20)24-14-23-18/h10-11,15H,3-9,12-14H2,1-2H3. The van der Waals surface area contributed by atoms with Crippen LogP contribution in [0.1, 0.15) is 38.2 Å². The highest BCUT2D eigenvalue weighted by Crippen LogP contribution is 2.37. The molecular weight excluding hydrogens is 368 g/mol. The molecule has 1 aromatic rings. The monoisotopic (exact) mass is 396 g/mol. The molecule has 134 valence electrons. The summed E-state index contributed by atoms with van der Waals surface area (Å²) in [6.07, 6.45) is 5.21. The van der Waals surface area contributed by atoms with Crippen molar-refractivity contribution in [3.05, 3.63) is 22.2 Å². The van der Waals surface area contributed by atoms with Crippen LogP contribution in [0.25, 0.3) is 0 Å². The van der Waals surface area contributed by atoms with E-state index < -0.39 is 0 Å². The van der Waals surface area contributed by atoms with E-state index >= 15 is 0 Å². The molecule has 5 heteroatoms. The highest BCUT2D eigenvalue weighted by atomic mass is 79.9. The van der Waals surface area contributed by atoms with E-state index in [0.717, 1.165) is 28.4 Å².